The molecule has 0 amide bonds. The SMILES string of the molecule is Cc1cc(C(=O)O[C@H](C)c2nccs2)cc(=O)[nH]1. The van der Waals surface area contributed by atoms with Crippen molar-refractivity contribution in [2.45, 2.75) is 20.0 Å². The van der Waals surface area contributed by atoms with Crippen molar-refractivity contribution in [3.05, 3.63) is 50.3 Å². The summed E-state index contributed by atoms with van der Waals surface area (Å²) in [5, 5.41) is 2.54. The molecule has 0 aromatic carbocycles. The summed E-state index contributed by atoms with van der Waals surface area (Å²) in [4.78, 5) is 29.8. The van der Waals surface area contributed by atoms with Gasteiger partial charge in [0.05, 0.1) is 5.56 Å². The number of hydrogen-bond acceptors (Lipinski definition) is 5. The van der Waals surface area contributed by atoms with Gasteiger partial charge in [0.15, 0.2) is 6.10 Å². The number of aryl methyl sites for hydroxylation is 1. The maximum absolute atomic E-state index is 11.9. The van der Waals surface area contributed by atoms with Crippen molar-refractivity contribution in [2.75, 3.05) is 0 Å². The number of nitrogens with zero attached hydrogens (tertiary/aromatic N) is 1. The number of carbonyl (C=O) groups is 1. The van der Waals surface area contributed by atoms with E-state index >= 15 is 0 Å². The third-order valence-electron chi connectivity index (χ3n) is 2.30. The smallest absolute Gasteiger partial charge is 0.339 e. The third-order valence-corrected chi connectivity index (χ3v) is 3.23. The fourth-order valence-electron chi connectivity index (χ4n) is 1.51. The van der Waals surface area contributed by atoms with Gasteiger partial charge in [-0.1, -0.05) is 0 Å². The van der Waals surface area contributed by atoms with Crippen LogP contribution in [0.15, 0.2) is 28.5 Å². The molecule has 6 heteroatoms. The maximum Gasteiger partial charge on any atom is 0.339 e. The molecule has 5 nitrogen and oxygen atoms in total. The first kappa shape index (κ1) is 12.5. The number of esters is 1. The van der Waals surface area contributed by atoms with Crippen LogP contribution in [0.25, 0.3) is 0 Å². The Morgan fingerprint density at radius 1 is 1.50 bits per heavy atom. The molecule has 2 rings (SSSR count). The van der Waals surface area contributed by atoms with Crippen molar-refractivity contribution in [2.24, 2.45) is 0 Å². The largest absolute Gasteiger partial charge is 0.452 e. The van der Waals surface area contributed by atoms with Crippen LogP contribution in [0.4, 0.5) is 0 Å². The van der Waals surface area contributed by atoms with Gasteiger partial charge in [0, 0.05) is 23.3 Å². The molecule has 2 heterocycles. The van der Waals surface area contributed by atoms with Gasteiger partial charge in [0.2, 0.25) is 5.56 Å². The van der Waals surface area contributed by atoms with Gasteiger partial charge in [-0.05, 0) is 19.9 Å². The van der Waals surface area contributed by atoms with Crippen molar-refractivity contribution in [3.63, 3.8) is 0 Å². The molecule has 1 atom stereocenters. The summed E-state index contributed by atoms with van der Waals surface area (Å²) in [7, 11) is 0. The average Bonchev–Trinajstić information content (AvgIpc) is 2.80. The van der Waals surface area contributed by atoms with Gasteiger partial charge in [-0.2, -0.15) is 0 Å². The molecule has 2 aromatic rings. The first-order chi connectivity index (χ1) is 8.56. The number of carbonyl (C=O) groups excluding carboxylic acids is 1. The normalized spacial score (nSPS) is 12.1. The Morgan fingerprint density at radius 2 is 2.28 bits per heavy atom. The minimum absolute atomic E-state index is 0.250. The highest BCUT2D eigenvalue weighted by Crippen LogP contribution is 2.20. The number of thiazole rings is 1. The second kappa shape index (κ2) is 5.14. The Hall–Kier alpha value is -1.95. The predicted molar refractivity (Wildman–Crippen MR) is 67.7 cm³/mol. The van der Waals surface area contributed by atoms with Gasteiger partial charge in [0.1, 0.15) is 5.01 Å². The Morgan fingerprint density at radius 3 is 2.89 bits per heavy atom. The molecule has 0 saturated carbocycles. The number of aromatic amines is 1. The number of nitrogens with one attached hydrogen (secondary N) is 1. The lowest BCUT2D eigenvalue weighted by atomic mass is 10.2. The van der Waals surface area contributed by atoms with Gasteiger partial charge >= 0.3 is 5.97 Å². The van der Waals surface area contributed by atoms with E-state index in [9.17, 15) is 9.59 Å². The number of rotatable bonds is 3. The molecule has 0 radical (unpaired) electrons. The van der Waals surface area contributed by atoms with Crippen LogP contribution in [0.3, 0.4) is 0 Å². The summed E-state index contributed by atoms with van der Waals surface area (Å²) in [6.45, 7) is 3.46. The van der Waals surface area contributed by atoms with Crippen LogP contribution in [0.5, 0.6) is 0 Å². The Balaban J connectivity index is 2.15. The number of pyridine rings is 1. The molecule has 0 aliphatic heterocycles. The zero-order valence-electron chi connectivity index (χ0n) is 9.97. The minimum Gasteiger partial charge on any atom is -0.452 e. The van der Waals surface area contributed by atoms with Gasteiger partial charge in [-0.3, -0.25) is 4.79 Å². The zero-order valence-corrected chi connectivity index (χ0v) is 10.8. The van der Waals surface area contributed by atoms with E-state index < -0.39 is 12.1 Å². The lowest BCUT2D eigenvalue weighted by Gasteiger charge is -2.10. The summed E-state index contributed by atoms with van der Waals surface area (Å²) in [5.74, 6) is -0.521. The molecular formula is C12H12N2O3S. The molecule has 0 unspecified atom stereocenters. The monoisotopic (exact) mass is 264 g/mol. The fourth-order valence-corrected chi connectivity index (χ4v) is 2.14. The molecule has 0 fully saturated rings. The van der Waals surface area contributed by atoms with Gasteiger partial charge < -0.3 is 9.72 Å². The van der Waals surface area contributed by atoms with E-state index in [1.54, 1.807) is 26.1 Å². The van der Waals surface area contributed by atoms with Crippen molar-refractivity contribution >= 4 is 17.3 Å². The summed E-state index contributed by atoms with van der Waals surface area (Å²) in [6.07, 6.45) is 1.24. The molecule has 0 spiro atoms. The quantitative estimate of drug-likeness (QED) is 0.861. The lowest BCUT2D eigenvalue weighted by Crippen LogP contribution is -2.14. The van der Waals surface area contributed by atoms with E-state index in [2.05, 4.69) is 9.97 Å². The third kappa shape index (κ3) is 2.84. The molecule has 18 heavy (non-hydrogen) atoms. The van der Waals surface area contributed by atoms with Crippen molar-refractivity contribution in [3.8, 4) is 0 Å². The van der Waals surface area contributed by atoms with E-state index in [1.807, 2.05) is 5.38 Å². The molecule has 2 aromatic heterocycles. The summed E-state index contributed by atoms with van der Waals surface area (Å²) >= 11 is 1.42. The van der Waals surface area contributed by atoms with Gasteiger partial charge in [-0.15, -0.1) is 11.3 Å². The lowest BCUT2D eigenvalue weighted by molar-refractivity contribution is 0.0337. The van der Waals surface area contributed by atoms with Crippen LogP contribution < -0.4 is 5.56 Å². The second-order valence-electron chi connectivity index (χ2n) is 3.83. The van der Waals surface area contributed by atoms with E-state index in [0.29, 0.717) is 5.69 Å². The van der Waals surface area contributed by atoms with Crippen molar-refractivity contribution in [1.29, 1.82) is 0 Å². The van der Waals surface area contributed by atoms with Gasteiger partial charge in [0.25, 0.3) is 0 Å². The van der Waals surface area contributed by atoms with E-state index in [4.69, 9.17) is 4.74 Å². The average molecular weight is 264 g/mol. The summed E-state index contributed by atoms with van der Waals surface area (Å²) < 4.78 is 5.25. The molecule has 0 bridgehead atoms. The first-order valence-electron chi connectivity index (χ1n) is 5.37. The van der Waals surface area contributed by atoms with E-state index in [1.165, 1.54) is 17.4 Å². The van der Waals surface area contributed by atoms with Crippen LogP contribution in [0.1, 0.15) is 34.1 Å². The fraction of sp³-hybridized carbons (Fsp3) is 0.250. The molecular weight excluding hydrogens is 252 g/mol. The second-order valence-corrected chi connectivity index (χ2v) is 4.76. The molecule has 0 saturated heterocycles. The molecule has 94 valence electrons. The zero-order chi connectivity index (χ0) is 13.1. The van der Waals surface area contributed by atoms with E-state index in [0.717, 1.165) is 5.01 Å². The Labute approximate surface area is 107 Å². The molecule has 0 aliphatic rings. The van der Waals surface area contributed by atoms with Crippen molar-refractivity contribution in [1.82, 2.24) is 9.97 Å². The molecule has 0 aliphatic carbocycles. The number of aromatic nitrogens is 2. The standard InChI is InChI=1S/C12H12N2O3S/c1-7-5-9(6-10(15)14-7)12(16)17-8(2)11-13-3-4-18-11/h3-6,8H,1-2H3,(H,14,15)/t8-/m1/s1. The number of ether oxygens (including phenoxy) is 1. The van der Waals surface area contributed by atoms with Crippen LogP contribution >= 0.6 is 11.3 Å². The topological polar surface area (TPSA) is 72.0 Å². The van der Waals surface area contributed by atoms with Crippen LogP contribution in [0.2, 0.25) is 0 Å². The summed E-state index contributed by atoms with van der Waals surface area (Å²) in [6, 6.07) is 2.81. The van der Waals surface area contributed by atoms with E-state index in [-0.39, 0.29) is 11.1 Å². The first-order valence-corrected chi connectivity index (χ1v) is 6.25. The summed E-state index contributed by atoms with van der Waals surface area (Å²) in [5.41, 5.74) is 0.555. The van der Waals surface area contributed by atoms with Gasteiger partial charge in [-0.25, -0.2) is 9.78 Å². The highest BCUT2D eigenvalue weighted by molar-refractivity contribution is 7.09. The van der Waals surface area contributed by atoms with Crippen molar-refractivity contribution < 1.29 is 9.53 Å². The number of hydrogen-bond donors (Lipinski definition) is 1. The maximum atomic E-state index is 11.9. The highest BCUT2D eigenvalue weighted by Gasteiger charge is 2.16. The molecule has 1 N–H and O–H groups in total. The van der Waals surface area contributed by atoms with Crippen LogP contribution in [-0.2, 0) is 4.74 Å². The highest BCUT2D eigenvalue weighted by atomic mass is 32.1. The van der Waals surface area contributed by atoms with Crippen LogP contribution in [0, 0.1) is 6.92 Å². The Bertz CT molecular complexity index is 604. The minimum atomic E-state index is -0.521. The Kier molecular flexibility index (Phi) is 3.57. The number of H-pyrrole nitrogens is 1. The predicted octanol–water partition coefficient (Wildman–Crippen LogP) is 2.06. The van der Waals surface area contributed by atoms with Crippen LogP contribution in [-0.4, -0.2) is 15.9 Å².